The van der Waals surface area contributed by atoms with Gasteiger partial charge in [0.1, 0.15) is 0 Å². The first-order valence-corrected chi connectivity index (χ1v) is 5.87. The second kappa shape index (κ2) is 6.38. The maximum Gasteiger partial charge on any atom is 0.244 e. The van der Waals surface area contributed by atoms with E-state index in [0.29, 0.717) is 12.3 Å². The molecule has 1 N–H and O–H groups in total. The van der Waals surface area contributed by atoms with Crippen LogP contribution in [-0.4, -0.2) is 16.8 Å². The van der Waals surface area contributed by atoms with E-state index in [-0.39, 0.29) is 16.8 Å². The highest BCUT2D eigenvalue weighted by Crippen LogP contribution is 2.13. The minimum atomic E-state index is -0.347. The third-order valence-corrected chi connectivity index (χ3v) is 2.03. The van der Waals surface area contributed by atoms with E-state index in [1.54, 1.807) is 0 Å². The average molecular weight is 233 g/mol. The largest absolute Gasteiger partial charge is 0.273 e. The highest BCUT2D eigenvalue weighted by Gasteiger charge is 2.15. The summed E-state index contributed by atoms with van der Waals surface area (Å²) in [5.74, 6) is 0.453. The Morgan fingerprint density at radius 1 is 1.40 bits per heavy atom. The molecule has 0 aromatic carbocycles. The van der Waals surface area contributed by atoms with Crippen LogP contribution in [0.2, 0.25) is 0 Å². The molecule has 0 aliphatic rings. The van der Waals surface area contributed by atoms with E-state index in [9.17, 15) is 4.79 Å². The average Bonchev–Trinajstić information content (AvgIpc) is 1.97. The van der Waals surface area contributed by atoms with Gasteiger partial charge in [0.15, 0.2) is 0 Å². The fourth-order valence-corrected chi connectivity index (χ4v) is 1.68. The van der Waals surface area contributed by atoms with Crippen molar-refractivity contribution in [2.75, 3.05) is 0 Å². The predicted molar refractivity (Wildman–Crippen MR) is 65.8 cm³/mol. The molecule has 1 atom stereocenters. The molecule has 0 saturated heterocycles. The molecule has 0 bridgehead atoms. The monoisotopic (exact) mass is 233 g/mol. The van der Waals surface area contributed by atoms with Crippen LogP contribution in [0.1, 0.15) is 47.5 Å². The Kier molecular flexibility index (Phi) is 6.29. The first-order chi connectivity index (χ1) is 6.70. The van der Waals surface area contributed by atoms with Crippen molar-refractivity contribution in [3.05, 3.63) is 0 Å². The highest BCUT2D eigenvalue weighted by molar-refractivity contribution is 7.81. The van der Waals surface area contributed by atoms with Gasteiger partial charge in [-0.3, -0.25) is 9.63 Å². The number of carbonyl (C=O) groups is 1. The van der Waals surface area contributed by atoms with E-state index in [1.807, 2.05) is 20.8 Å². The van der Waals surface area contributed by atoms with Gasteiger partial charge in [-0.1, -0.05) is 13.8 Å². The molecule has 90 valence electrons. The third-order valence-electron chi connectivity index (χ3n) is 1.64. The third kappa shape index (κ3) is 10.1. The fraction of sp³-hybridized carbons (Fsp3) is 0.909. The van der Waals surface area contributed by atoms with Gasteiger partial charge in [0.25, 0.3) is 0 Å². The van der Waals surface area contributed by atoms with E-state index < -0.39 is 0 Å². The van der Waals surface area contributed by atoms with Gasteiger partial charge in [-0.15, -0.1) is 0 Å². The number of carbonyl (C=O) groups excluding carboxylic acids is 1. The zero-order chi connectivity index (χ0) is 12.1. The van der Waals surface area contributed by atoms with Crippen molar-refractivity contribution in [2.45, 2.75) is 58.3 Å². The molecule has 3 nitrogen and oxygen atoms in total. The lowest BCUT2D eigenvalue weighted by atomic mass is 10.1. The first-order valence-electron chi connectivity index (χ1n) is 5.35. The number of amides is 1. The maximum atomic E-state index is 11.4. The van der Waals surface area contributed by atoms with E-state index >= 15 is 0 Å². The van der Waals surface area contributed by atoms with Gasteiger partial charge in [0.05, 0.1) is 5.60 Å². The predicted octanol–water partition coefficient (Wildman–Crippen LogP) is 2.57. The van der Waals surface area contributed by atoms with Crippen molar-refractivity contribution < 1.29 is 9.63 Å². The molecule has 0 heterocycles. The smallest absolute Gasteiger partial charge is 0.244 e. The summed E-state index contributed by atoms with van der Waals surface area (Å²) in [6, 6.07) is 0. The van der Waals surface area contributed by atoms with Gasteiger partial charge in [0, 0.05) is 11.7 Å². The Morgan fingerprint density at radius 3 is 2.33 bits per heavy atom. The number of hydroxylamine groups is 1. The lowest BCUT2D eigenvalue weighted by Gasteiger charge is -2.20. The second-order valence-corrected chi connectivity index (χ2v) is 5.96. The SMILES string of the molecule is CC(C)CC(S)CC(=O)NOC(C)(C)C. The van der Waals surface area contributed by atoms with Gasteiger partial charge < -0.3 is 0 Å². The minimum Gasteiger partial charge on any atom is -0.273 e. The maximum absolute atomic E-state index is 11.4. The van der Waals surface area contributed by atoms with Gasteiger partial charge in [-0.2, -0.15) is 12.6 Å². The standard InChI is InChI=1S/C11H23NO2S/c1-8(2)6-9(15)7-10(13)12-14-11(3,4)5/h8-9,15H,6-7H2,1-5H3,(H,12,13). The Bertz CT molecular complexity index is 199. The minimum absolute atomic E-state index is 0.105. The first kappa shape index (κ1) is 14.8. The quantitative estimate of drug-likeness (QED) is 0.566. The normalized spacial score (nSPS) is 14.1. The molecular weight excluding hydrogens is 210 g/mol. The molecule has 1 unspecified atom stereocenters. The van der Waals surface area contributed by atoms with Crippen LogP contribution < -0.4 is 5.48 Å². The van der Waals surface area contributed by atoms with Gasteiger partial charge in [-0.05, 0) is 33.1 Å². The Morgan fingerprint density at radius 2 is 1.93 bits per heavy atom. The number of rotatable bonds is 5. The van der Waals surface area contributed by atoms with Crippen LogP contribution in [0.15, 0.2) is 0 Å². The van der Waals surface area contributed by atoms with Crippen LogP contribution in [0.5, 0.6) is 0 Å². The molecule has 15 heavy (non-hydrogen) atoms. The molecule has 0 rings (SSSR count). The molecule has 0 aliphatic carbocycles. The number of thiol groups is 1. The summed E-state index contributed by atoms with van der Waals surface area (Å²) in [6.07, 6.45) is 1.34. The zero-order valence-corrected chi connectivity index (χ0v) is 11.2. The van der Waals surface area contributed by atoms with Gasteiger partial charge >= 0.3 is 0 Å². The van der Waals surface area contributed by atoms with Crippen LogP contribution in [0.3, 0.4) is 0 Å². The van der Waals surface area contributed by atoms with Crippen LogP contribution in [-0.2, 0) is 9.63 Å². The summed E-state index contributed by atoms with van der Waals surface area (Å²) in [6.45, 7) is 9.90. The molecule has 0 aromatic rings. The van der Waals surface area contributed by atoms with Crippen LogP contribution in [0.25, 0.3) is 0 Å². The lowest BCUT2D eigenvalue weighted by molar-refractivity contribution is -0.145. The van der Waals surface area contributed by atoms with Crippen molar-refractivity contribution in [2.24, 2.45) is 5.92 Å². The van der Waals surface area contributed by atoms with Gasteiger partial charge in [-0.25, -0.2) is 5.48 Å². The number of hydrogen-bond donors (Lipinski definition) is 2. The van der Waals surface area contributed by atoms with Gasteiger partial charge in [0.2, 0.25) is 5.91 Å². The summed E-state index contributed by atoms with van der Waals surface area (Å²) in [4.78, 5) is 16.6. The van der Waals surface area contributed by atoms with E-state index in [0.717, 1.165) is 6.42 Å². The topological polar surface area (TPSA) is 38.3 Å². The molecule has 0 aromatic heterocycles. The molecule has 0 saturated carbocycles. The summed E-state index contributed by atoms with van der Waals surface area (Å²) in [7, 11) is 0. The van der Waals surface area contributed by atoms with E-state index in [4.69, 9.17) is 4.84 Å². The summed E-state index contributed by atoms with van der Waals surface area (Å²) in [5, 5.41) is 0.105. The molecule has 0 spiro atoms. The molecule has 1 amide bonds. The zero-order valence-electron chi connectivity index (χ0n) is 10.3. The molecule has 0 aliphatic heterocycles. The summed E-state index contributed by atoms with van der Waals surface area (Å²) >= 11 is 4.36. The highest BCUT2D eigenvalue weighted by atomic mass is 32.1. The molecule has 0 fully saturated rings. The Labute approximate surface area is 98.3 Å². The second-order valence-electron chi connectivity index (χ2n) is 5.23. The van der Waals surface area contributed by atoms with Crippen molar-refractivity contribution in [3.8, 4) is 0 Å². The lowest BCUT2D eigenvalue weighted by Crippen LogP contribution is -2.34. The van der Waals surface area contributed by atoms with E-state index in [2.05, 4.69) is 32.0 Å². The van der Waals surface area contributed by atoms with Crippen molar-refractivity contribution in [3.63, 3.8) is 0 Å². The van der Waals surface area contributed by atoms with Crippen LogP contribution >= 0.6 is 12.6 Å². The van der Waals surface area contributed by atoms with Crippen molar-refractivity contribution in [1.29, 1.82) is 0 Å². The number of hydrogen-bond acceptors (Lipinski definition) is 3. The number of nitrogens with one attached hydrogen (secondary N) is 1. The Hall–Kier alpha value is -0.220. The molecule has 0 radical (unpaired) electrons. The van der Waals surface area contributed by atoms with Crippen molar-refractivity contribution >= 4 is 18.5 Å². The Balaban J connectivity index is 3.74. The molecule has 4 heteroatoms. The molecular formula is C11H23NO2S. The van der Waals surface area contributed by atoms with Crippen LogP contribution in [0, 0.1) is 5.92 Å². The summed E-state index contributed by atoms with van der Waals surface area (Å²) < 4.78 is 0. The fourth-order valence-electron chi connectivity index (χ4n) is 1.09. The van der Waals surface area contributed by atoms with Crippen molar-refractivity contribution in [1.82, 2.24) is 5.48 Å². The summed E-state index contributed by atoms with van der Waals surface area (Å²) in [5.41, 5.74) is 2.09. The van der Waals surface area contributed by atoms with Crippen LogP contribution in [0.4, 0.5) is 0 Å². The van der Waals surface area contributed by atoms with E-state index in [1.165, 1.54) is 0 Å².